The summed E-state index contributed by atoms with van der Waals surface area (Å²) < 4.78 is 11.4. The van der Waals surface area contributed by atoms with Crippen molar-refractivity contribution < 1.29 is 9.47 Å². The molecule has 0 radical (unpaired) electrons. The lowest BCUT2D eigenvalue weighted by Gasteiger charge is -2.30. The molecule has 1 aliphatic heterocycles. The molecule has 1 aromatic carbocycles. The summed E-state index contributed by atoms with van der Waals surface area (Å²) >= 11 is 1.78. The van der Waals surface area contributed by atoms with Crippen molar-refractivity contribution in [1.82, 2.24) is 5.32 Å². The van der Waals surface area contributed by atoms with Crippen LogP contribution in [0.3, 0.4) is 0 Å². The zero-order chi connectivity index (χ0) is 14.7. The molecule has 0 amide bonds. The highest BCUT2D eigenvalue weighted by atomic mass is 32.2. The van der Waals surface area contributed by atoms with Gasteiger partial charge in [0.15, 0.2) is 11.5 Å². The number of fused-ring (bicyclic) bond motifs is 1. The quantitative estimate of drug-likeness (QED) is 0.856. The third-order valence-electron chi connectivity index (χ3n) is 4.61. The first kappa shape index (κ1) is 15.0. The van der Waals surface area contributed by atoms with Crippen LogP contribution < -0.4 is 14.8 Å². The highest BCUT2D eigenvalue weighted by Crippen LogP contribution is 2.36. The molecule has 1 heterocycles. The minimum atomic E-state index is 0.651. The molecule has 0 saturated heterocycles. The molecule has 4 heteroatoms. The number of ether oxygens (including phenoxy) is 2. The zero-order valence-electron chi connectivity index (χ0n) is 13.0. The Labute approximate surface area is 131 Å². The number of hydrogen-bond donors (Lipinski definition) is 1. The monoisotopic (exact) mass is 307 g/mol. The molecule has 1 fully saturated rings. The summed E-state index contributed by atoms with van der Waals surface area (Å²) in [6.45, 7) is 4.59. The Morgan fingerprint density at radius 3 is 2.57 bits per heavy atom. The molecule has 2 unspecified atom stereocenters. The molecule has 21 heavy (non-hydrogen) atoms. The van der Waals surface area contributed by atoms with Gasteiger partial charge in [-0.05, 0) is 42.7 Å². The third kappa shape index (κ3) is 3.49. The smallest absolute Gasteiger partial charge is 0.162 e. The maximum Gasteiger partial charge on any atom is 0.162 e. The van der Waals surface area contributed by atoms with Crippen molar-refractivity contribution in [1.29, 1.82) is 0 Å². The maximum atomic E-state index is 5.71. The van der Waals surface area contributed by atoms with Gasteiger partial charge >= 0.3 is 0 Å². The van der Waals surface area contributed by atoms with Crippen molar-refractivity contribution >= 4 is 11.8 Å². The lowest BCUT2D eigenvalue weighted by Crippen LogP contribution is -2.36. The van der Waals surface area contributed by atoms with Gasteiger partial charge in [-0.2, -0.15) is 0 Å². The minimum Gasteiger partial charge on any atom is -0.486 e. The van der Waals surface area contributed by atoms with Crippen LogP contribution in [-0.2, 0) is 6.54 Å². The predicted molar refractivity (Wildman–Crippen MR) is 87.5 cm³/mol. The standard InChI is InChI=1S/C17H25NO2S/c1-12-5-3-4-6-14(12)18-11-13-9-15-16(10-17(13)21-2)20-8-7-19-15/h9-10,12,14,18H,3-8,11H2,1-2H3. The Kier molecular flexibility index (Phi) is 4.96. The van der Waals surface area contributed by atoms with E-state index in [2.05, 4.69) is 30.6 Å². The van der Waals surface area contributed by atoms with Gasteiger partial charge in [-0.3, -0.25) is 0 Å². The first-order chi connectivity index (χ1) is 10.3. The molecule has 3 nitrogen and oxygen atoms in total. The number of thioether (sulfide) groups is 1. The van der Waals surface area contributed by atoms with Crippen LogP contribution in [0.15, 0.2) is 17.0 Å². The first-order valence-corrected chi connectivity index (χ1v) is 9.20. The molecule has 0 aromatic heterocycles. The van der Waals surface area contributed by atoms with E-state index in [1.807, 2.05) is 0 Å². The number of rotatable bonds is 4. The molecular formula is C17H25NO2S. The molecule has 0 bridgehead atoms. The summed E-state index contributed by atoms with van der Waals surface area (Å²) in [7, 11) is 0. The Hall–Kier alpha value is -0.870. The van der Waals surface area contributed by atoms with Crippen LogP contribution in [0, 0.1) is 5.92 Å². The molecule has 1 aromatic rings. The van der Waals surface area contributed by atoms with Gasteiger partial charge < -0.3 is 14.8 Å². The average molecular weight is 307 g/mol. The van der Waals surface area contributed by atoms with E-state index in [0.29, 0.717) is 19.3 Å². The van der Waals surface area contributed by atoms with Crippen molar-refractivity contribution in [3.05, 3.63) is 17.7 Å². The highest BCUT2D eigenvalue weighted by molar-refractivity contribution is 7.98. The van der Waals surface area contributed by atoms with Gasteiger partial charge in [-0.25, -0.2) is 0 Å². The van der Waals surface area contributed by atoms with Crippen molar-refractivity contribution in [2.45, 2.75) is 50.1 Å². The molecular weight excluding hydrogens is 282 g/mol. The summed E-state index contributed by atoms with van der Waals surface area (Å²) in [6, 6.07) is 4.93. The fourth-order valence-electron chi connectivity index (χ4n) is 3.30. The van der Waals surface area contributed by atoms with Crippen molar-refractivity contribution in [2.75, 3.05) is 19.5 Å². The number of nitrogens with one attached hydrogen (secondary N) is 1. The van der Waals surface area contributed by atoms with Gasteiger partial charge in [0.05, 0.1) is 0 Å². The van der Waals surface area contributed by atoms with Crippen molar-refractivity contribution in [2.24, 2.45) is 5.92 Å². The van der Waals surface area contributed by atoms with Crippen molar-refractivity contribution in [3.8, 4) is 11.5 Å². The number of benzene rings is 1. The Bertz CT molecular complexity index is 492. The van der Waals surface area contributed by atoms with Gasteiger partial charge in [-0.1, -0.05) is 19.8 Å². The first-order valence-electron chi connectivity index (χ1n) is 7.98. The van der Waals surface area contributed by atoms with Gasteiger partial charge in [0.1, 0.15) is 13.2 Å². The van der Waals surface area contributed by atoms with Crippen LogP contribution >= 0.6 is 11.8 Å². The van der Waals surface area contributed by atoms with E-state index in [4.69, 9.17) is 9.47 Å². The fraction of sp³-hybridized carbons (Fsp3) is 0.647. The molecule has 2 atom stereocenters. The molecule has 0 spiro atoms. The SMILES string of the molecule is CSc1cc2c(cc1CNC1CCCCC1C)OCCO2. The van der Waals surface area contributed by atoms with E-state index < -0.39 is 0 Å². The largest absolute Gasteiger partial charge is 0.486 e. The summed E-state index contributed by atoms with van der Waals surface area (Å²) in [5.74, 6) is 2.57. The second-order valence-electron chi connectivity index (χ2n) is 6.06. The summed E-state index contributed by atoms with van der Waals surface area (Å²) in [6.07, 6.45) is 7.53. The summed E-state index contributed by atoms with van der Waals surface area (Å²) in [5, 5.41) is 3.76. The van der Waals surface area contributed by atoms with E-state index in [-0.39, 0.29) is 0 Å². The lowest BCUT2D eigenvalue weighted by molar-refractivity contribution is 0.170. The fourth-order valence-corrected chi connectivity index (χ4v) is 3.92. The van der Waals surface area contributed by atoms with Crippen LogP contribution in [0.5, 0.6) is 11.5 Å². The zero-order valence-corrected chi connectivity index (χ0v) is 13.8. The van der Waals surface area contributed by atoms with Crippen LogP contribution in [0.25, 0.3) is 0 Å². The second-order valence-corrected chi connectivity index (χ2v) is 6.90. The maximum absolute atomic E-state index is 5.71. The van der Waals surface area contributed by atoms with Crippen LogP contribution in [0.2, 0.25) is 0 Å². The van der Waals surface area contributed by atoms with E-state index in [1.165, 1.54) is 36.1 Å². The molecule has 1 N–H and O–H groups in total. The molecule has 116 valence electrons. The van der Waals surface area contributed by atoms with Gasteiger partial charge in [0, 0.05) is 17.5 Å². The van der Waals surface area contributed by atoms with E-state index in [0.717, 1.165) is 24.0 Å². The van der Waals surface area contributed by atoms with Gasteiger partial charge in [-0.15, -0.1) is 11.8 Å². The minimum absolute atomic E-state index is 0.651. The molecule has 3 rings (SSSR count). The average Bonchev–Trinajstić information content (AvgIpc) is 2.53. The predicted octanol–water partition coefficient (Wildman–Crippen LogP) is 3.85. The van der Waals surface area contributed by atoms with Crippen LogP contribution in [-0.4, -0.2) is 25.5 Å². The van der Waals surface area contributed by atoms with Crippen LogP contribution in [0.1, 0.15) is 38.2 Å². The molecule has 1 aliphatic carbocycles. The Morgan fingerprint density at radius 1 is 1.14 bits per heavy atom. The Morgan fingerprint density at radius 2 is 1.86 bits per heavy atom. The van der Waals surface area contributed by atoms with E-state index >= 15 is 0 Å². The van der Waals surface area contributed by atoms with E-state index in [9.17, 15) is 0 Å². The Balaban J connectivity index is 1.71. The highest BCUT2D eigenvalue weighted by Gasteiger charge is 2.21. The van der Waals surface area contributed by atoms with E-state index in [1.54, 1.807) is 11.8 Å². The van der Waals surface area contributed by atoms with Gasteiger partial charge in [0.25, 0.3) is 0 Å². The summed E-state index contributed by atoms with van der Waals surface area (Å²) in [4.78, 5) is 1.29. The second kappa shape index (κ2) is 6.93. The number of hydrogen-bond acceptors (Lipinski definition) is 4. The molecule has 1 saturated carbocycles. The topological polar surface area (TPSA) is 30.5 Å². The third-order valence-corrected chi connectivity index (χ3v) is 5.43. The van der Waals surface area contributed by atoms with Crippen LogP contribution in [0.4, 0.5) is 0 Å². The van der Waals surface area contributed by atoms with Gasteiger partial charge in [0.2, 0.25) is 0 Å². The van der Waals surface area contributed by atoms with Crippen molar-refractivity contribution in [3.63, 3.8) is 0 Å². The summed E-state index contributed by atoms with van der Waals surface area (Å²) in [5.41, 5.74) is 1.32. The lowest BCUT2D eigenvalue weighted by atomic mass is 9.86. The molecule has 2 aliphatic rings. The normalized spacial score (nSPS) is 24.9.